The third kappa shape index (κ3) is 2.61. The minimum atomic E-state index is -0.526. The predicted molar refractivity (Wildman–Crippen MR) is 62.6 cm³/mol. The summed E-state index contributed by atoms with van der Waals surface area (Å²) in [4.78, 5) is 0. The van der Waals surface area contributed by atoms with E-state index < -0.39 is 11.5 Å². The van der Waals surface area contributed by atoms with Crippen molar-refractivity contribution in [1.29, 1.82) is 0 Å². The summed E-state index contributed by atoms with van der Waals surface area (Å²) < 4.78 is 0. The Bertz CT molecular complexity index is 219. The fourth-order valence-corrected chi connectivity index (χ4v) is 2.45. The molecule has 0 spiro atoms. The summed E-state index contributed by atoms with van der Waals surface area (Å²) in [6.07, 6.45) is 5.43. The van der Waals surface area contributed by atoms with Gasteiger partial charge in [0.15, 0.2) is 0 Å². The molecule has 1 fully saturated rings. The van der Waals surface area contributed by atoms with Crippen LogP contribution >= 0.6 is 0 Å². The standard InChI is InChI=1S/C13H24O2/c1-10(2)13(3,9-14)12(15)11-7-5-4-6-8-11/h11-12,14-15H,1,4-9H2,2-3H3/t12-,13-/m1/s1. The molecule has 2 N–H and O–H groups in total. The summed E-state index contributed by atoms with van der Waals surface area (Å²) >= 11 is 0. The van der Waals surface area contributed by atoms with Crippen molar-refractivity contribution in [2.45, 2.75) is 52.1 Å². The van der Waals surface area contributed by atoms with Crippen LogP contribution < -0.4 is 0 Å². The van der Waals surface area contributed by atoms with E-state index in [1.54, 1.807) is 0 Å². The molecule has 0 amide bonds. The van der Waals surface area contributed by atoms with Gasteiger partial charge in [0.2, 0.25) is 0 Å². The highest BCUT2D eigenvalue weighted by Gasteiger charge is 2.38. The maximum atomic E-state index is 10.3. The summed E-state index contributed by atoms with van der Waals surface area (Å²) in [6, 6.07) is 0. The van der Waals surface area contributed by atoms with Gasteiger partial charge in [-0.2, -0.15) is 0 Å². The lowest BCUT2D eigenvalue weighted by atomic mass is 9.70. The van der Waals surface area contributed by atoms with Gasteiger partial charge in [-0.05, 0) is 25.7 Å². The summed E-state index contributed by atoms with van der Waals surface area (Å²) in [6.45, 7) is 7.68. The lowest BCUT2D eigenvalue weighted by Gasteiger charge is -2.39. The van der Waals surface area contributed by atoms with Crippen molar-refractivity contribution in [3.63, 3.8) is 0 Å². The second-order valence-corrected chi connectivity index (χ2v) is 5.20. The van der Waals surface area contributed by atoms with Gasteiger partial charge in [0.25, 0.3) is 0 Å². The lowest BCUT2D eigenvalue weighted by molar-refractivity contribution is -0.0289. The summed E-state index contributed by atoms with van der Waals surface area (Å²) in [7, 11) is 0. The lowest BCUT2D eigenvalue weighted by Crippen LogP contribution is -2.42. The van der Waals surface area contributed by atoms with Crippen molar-refractivity contribution in [2.24, 2.45) is 11.3 Å². The normalized spacial score (nSPS) is 24.5. The Morgan fingerprint density at radius 3 is 2.33 bits per heavy atom. The van der Waals surface area contributed by atoms with Gasteiger partial charge in [-0.25, -0.2) is 0 Å². The van der Waals surface area contributed by atoms with E-state index in [2.05, 4.69) is 6.58 Å². The van der Waals surface area contributed by atoms with Crippen LogP contribution in [0.15, 0.2) is 12.2 Å². The number of aliphatic hydroxyl groups excluding tert-OH is 2. The van der Waals surface area contributed by atoms with Crippen molar-refractivity contribution >= 4 is 0 Å². The van der Waals surface area contributed by atoms with Crippen molar-refractivity contribution in [2.75, 3.05) is 6.61 Å². The molecule has 0 aromatic carbocycles. The molecule has 0 saturated heterocycles. The van der Waals surface area contributed by atoms with E-state index in [1.165, 1.54) is 19.3 Å². The quantitative estimate of drug-likeness (QED) is 0.703. The van der Waals surface area contributed by atoms with Crippen LogP contribution in [-0.4, -0.2) is 22.9 Å². The Kier molecular flexibility index (Phi) is 4.35. The van der Waals surface area contributed by atoms with Crippen LogP contribution in [0, 0.1) is 11.3 Å². The summed E-state index contributed by atoms with van der Waals surface area (Å²) in [5.74, 6) is 0.340. The van der Waals surface area contributed by atoms with E-state index in [0.717, 1.165) is 18.4 Å². The smallest absolute Gasteiger partial charge is 0.0680 e. The van der Waals surface area contributed by atoms with Crippen LogP contribution in [0.3, 0.4) is 0 Å². The highest BCUT2D eigenvalue weighted by molar-refractivity contribution is 5.10. The monoisotopic (exact) mass is 212 g/mol. The highest BCUT2D eigenvalue weighted by Crippen LogP contribution is 2.38. The first-order valence-corrected chi connectivity index (χ1v) is 5.97. The summed E-state index contributed by atoms with van der Waals surface area (Å²) in [5, 5.41) is 19.8. The van der Waals surface area contributed by atoms with Crippen LogP contribution in [0.4, 0.5) is 0 Å². The first-order valence-electron chi connectivity index (χ1n) is 5.97. The first kappa shape index (κ1) is 12.7. The van der Waals surface area contributed by atoms with E-state index in [1.807, 2.05) is 13.8 Å². The van der Waals surface area contributed by atoms with Crippen LogP contribution in [0.5, 0.6) is 0 Å². The Labute approximate surface area is 93.0 Å². The number of hydrogen-bond donors (Lipinski definition) is 2. The Hall–Kier alpha value is -0.340. The number of rotatable bonds is 4. The molecule has 2 nitrogen and oxygen atoms in total. The Balaban J connectivity index is 2.70. The van der Waals surface area contributed by atoms with E-state index in [9.17, 15) is 10.2 Å². The number of aliphatic hydroxyl groups is 2. The number of hydrogen-bond acceptors (Lipinski definition) is 2. The van der Waals surface area contributed by atoms with Crippen molar-refractivity contribution in [3.05, 3.63) is 12.2 Å². The summed E-state index contributed by atoms with van der Waals surface area (Å²) in [5.41, 5.74) is 0.352. The van der Waals surface area contributed by atoms with Gasteiger partial charge >= 0.3 is 0 Å². The molecule has 0 aliphatic heterocycles. The first-order chi connectivity index (χ1) is 7.02. The molecular weight excluding hydrogens is 188 g/mol. The second kappa shape index (κ2) is 5.13. The van der Waals surface area contributed by atoms with Crippen molar-refractivity contribution in [3.8, 4) is 0 Å². The van der Waals surface area contributed by atoms with Gasteiger partial charge in [-0.1, -0.05) is 38.3 Å². The second-order valence-electron chi connectivity index (χ2n) is 5.20. The molecule has 0 radical (unpaired) electrons. The highest BCUT2D eigenvalue weighted by atomic mass is 16.3. The van der Waals surface area contributed by atoms with E-state index >= 15 is 0 Å². The maximum Gasteiger partial charge on any atom is 0.0680 e. The zero-order valence-electron chi connectivity index (χ0n) is 10.00. The van der Waals surface area contributed by atoms with E-state index in [-0.39, 0.29) is 6.61 Å². The van der Waals surface area contributed by atoms with Crippen LogP contribution in [-0.2, 0) is 0 Å². The molecule has 0 bridgehead atoms. The maximum absolute atomic E-state index is 10.3. The van der Waals surface area contributed by atoms with Crippen LogP contribution in [0.2, 0.25) is 0 Å². The molecule has 0 heterocycles. The molecule has 0 unspecified atom stereocenters. The van der Waals surface area contributed by atoms with Gasteiger partial charge < -0.3 is 10.2 Å². The molecular formula is C13H24O2. The minimum Gasteiger partial charge on any atom is -0.395 e. The minimum absolute atomic E-state index is 0.0139. The Morgan fingerprint density at radius 1 is 1.40 bits per heavy atom. The average Bonchev–Trinajstić information content (AvgIpc) is 2.28. The molecule has 0 aromatic heterocycles. The van der Waals surface area contributed by atoms with Crippen molar-refractivity contribution in [1.82, 2.24) is 0 Å². The molecule has 2 heteroatoms. The fraction of sp³-hybridized carbons (Fsp3) is 0.846. The van der Waals surface area contributed by atoms with Gasteiger partial charge in [-0.3, -0.25) is 0 Å². The third-order valence-electron chi connectivity index (χ3n) is 4.05. The zero-order valence-corrected chi connectivity index (χ0v) is 10.00. The SMILES string of the molecule is C=C(C)[C@@](C)(CO)[C@H](O)C1CCCCC1. The Morgan fingerprint density at radius 2 is 1.93 bits per heavy atom. The molecule has 15 heavy (non-hydrogen) atoms. The van der Waals surface area contributed by atoms with Crippen molar-refractivity contribution < 1.29 is 10.2 Å². The fourth-order valence-electron chi connectivity index (χ4n) is 2.45. The largest absolute Gasteiger partial charge is 0.395 e. The molecule has 1 aliphatic rings. The predicted octanol–water partition coefficient (Wildman–Crippen LogP) is 2.50. The molecule has 0 aromatic rings. The molecule has 1 aliphatic carbocycles. The van der Waals surface area contributed by atoms with Gasteiger partial charge in [0.1, 0.15) is 0 Å². The van der Waals surface area contributed by atoms with Crippen LogP contribution in [0.25, 0.3) is 0 Å². The molecule has 1 rings (SSSR count). The average molecular weight is 212 g/mol. The molecule has 2 atom stereocenters. The molecule has 88 valence electrons. The third-order valence-corrected chi connectivity index (χ3v) is 4.05. The van der Waals surface area contributed by atoms with E-state index in [4.69, 9.17) is 0 Å². The van der Waals surface area contributed by atoms with Crippen LogP contribution in [0.1, 0.15) is 46.0 Å². The van der Waals surface area contributed by atoms with Gasteiger partial charge in [0, 0.05) is 5.41 Å². The van der Waals surface area contributed by atoms with Gasteiger partial charge in [0.05, 0.1) is 12.7 Å². The van der Waals surface area contributed by atoms with Gasteiger partial charge in [-0.15, -0.1) is 0 Å². The molecule has 1 saturated carbocycles. The zero-order chi connectivity index (χ0) is 11.5. The topological polar surface area (TPSA) is 40.5 Å². The van der Waals surface area contributed by atoms with E-state index in [0.29, 0.717) is 5.92 Å².